The Labute approximate surface area is 118 Å². The standard InChI is InChI=1S/C14H22N4S/c1-5-15-13(14-9-19-11(4)16-14)8-12-7-10(3)17-18(12)6-2/h7,9,13,15H,5-6,8H2,1-4H3. The van der Waals surface area contributed by atoms with Crippen molar-refractivity contribution in [2.75, 3.05) is 6.54 Å². The molecule has 0 saturated heterocycles. The molecule has 0 saturated carbocycles. The van der Waals surface area contributed by atoms with E-state index >= 15 is 0 Å². The quantitative estimate of drug-likeness (QED) is 0.883. The molecule has 19 heavy (non-hydrogen) atoms. The van der Waals surface area contributed by atoms with Gasteiger partial charge in [0.25, 0.3) is 0 Å². The van der Waals surface area contributed by atoms with Crippen LogP contribution in [0.5, 0.6) is 0 Å². The van der Waals surface area contributed by atoms with Crippen LogP contribution < -0.4 is 5.32 Å². The van der Waals surface area contributed by atoms with E-state index in [2.05, 4.69) is 52.3 Å². The third-order valence-electron chi connectivity index (χ3n) is 3.14. The van der Waals surface area contributed by atoms with Crippen molar-refractivity contribution in [3.63, 3.8) is 0 Å². The monoisotopic (exact) mass is 278 g/mol. The highest BCUT2D eigenvalue weighted by Crippen LogP contribution is 2.21. The van der Waals surface area contributed by atoms with Gasteiger partial charge < -0.3 is 5.32 Å². The Morgan fingerprint density at radius 3 is 2.74 bits per heavy atom. The molecule has 0 radical (unpaired) electrons. The number of aryl methyl sites for hydroxylation is 3. The molecule has 1 atom stereocenters. The molecule has 104 valence electrons. The summed E-state index contributed by atoms with van der Waals surface area (Å²) in [6, 6.07) is 2.45. The molecule has 2 aromatic rings. The van der Waals surface area contributed by atoms with Crippen LogP contribution in [0.1, 0.15) is 42.0 Å². The van der Waals surface area contributed by atoms with Crippen molar-refractivity contribution >= 4 is 11.3 Å². The van der Waals surface area contributed by atoms with Crippen LogP contribution in [0.15, 0.2) is 11.4 Å². The molecule has 1 N–H and O–H groups in total. The molecule has 0 aliphatic heterocycles. The van der Waals surface area contributed by atoms with Gasteiger partial charge in [-0.1, -0.05) is 6.92 Å². The fourth-order valence-corrected chi connectivity index (χ4v) is 2.98. The van der Waals surface area contributed by atoms with Crippen LogP contribution in [0, 0.1) is 13.8 Å². The maximum absolute atomic E-state index is 4.61. The van der Waals surface area contributed by atoms with Crippen LogP contribution in [0.2, 0.25) is 0 Å². The third-order valence-corrected chi connectivity index (χ3v) is 3.93. The summed E-state index contributed by atoms with van der Waals surface area (Å²) in [6.07, 6.45) is 0.936. The molecule has 0 bridgehead atoms. The molecule has 4 nitrogen and oxygen atoms in total. The van der Waals surface area contributed by atoms with Gasteiger partial charge >= 0.3 is 0 Å². The normalized spacial score (nSPS) is 12.8. The summed E-state index contributed by atoms with van der Waals surface area (Å²) in [4.78, 5) is 4.61. The van der Waals surface area contributed by atoms with Crippen LogP contribution >= 0.6 is 11.3 Å². The van der Waals surface area contributed by atoms with Crippen molar-refractivity contribution < 1.29 is 0 Å². The zero-order valence-electron chi connectivity index (χ0n) is 12.1. The summed E-state index contributed by atoms with van der Waals surface area (Å²) in [5.74, 6) is 0. The van der Waals surface area contributed by atoms with E-state index in [1.165, 1.54) is 5.69 Å². The van der Waals surface area contributed by atoms with Crippen molar-refractivity contribution in [3.8, 4) is 0 Å². The number of hydrogen-bond donors (Lipinski definition) is 1. The molecular weight excluding hydrogens is 256 g/mol. The lowest BCUT2D eigenvalue weighted by atomic mass is 10.1. The average Bonchev–Trinajstić information content (AvgIpc) is 2.95. The fraction of sp³-hybridized carbons (Fsp3) is 0.571. The Hall–Kier alpha value is -1.20. The van der Waals surface area contributed by atoms with Gasteiger partial charge in [-0.25, -0.2) is 4.98 Å². The van der Waals surface area contributed by atoms with Gasteiger partial charge in [-0.05, 0) is 33.4 Å². The largest absolute Gasteiger partial charge is 0.309 e. The highest BCUT2D eigenvalue weighted by atomic mass is 32.1. The molecule has 0 amide bonds. The smallest absolute Gasteiger partial charge is 0.0898 e. The predicted octanol–water partition coefficient (Wildman–Crippen LogP) is 2.87. The van der Waals surface area contributed by atoms with Gasteiger partial charge in [0.2, 0.25) is 0 Å². The van der Waals surface area contributed by atoms with E-state index in [0.717, 1.165) is 35.9 Å². The number of hydrogen-bond acceptors (Lipinski definition) is 4. The Balaban J connectivity index is 2.20. The van der Waals surface area contributed by atoms with Crippen LogP contribution in [0.3, 0.4) is 0 Å². The van der Waals surface area contributed by atoms with Gasteiger partial charge in [0, 0.05) is 24.0 Å². The number of nitrogens with zero attached hydrogens (tertiary/aromatic N) is 3. The molecule has 5 heteroatoms. The summed E-state index contributed by atoms with van der Waals surface area (Å²) < 4.78 is 2.08. The van der Waals surface area contributed by atoms with Crippen LogP contribution in [-0.4, -0.2) is 21.3 Å². The first kappa shape index (κ1) is 14.2. The van der Waals surface area contributed by atoms with Crippen molar-refractivity contribution in [1.29, 1.82) is 0 Å². The van der Waals surface area contributed by atoms with E-state index < -0.39 is 0 Å². The molecule has 0 aromatic carbocycles. The molecule has 2 rings (SSSR count). The number of aromatic nitrogens is 3. The Morgan fingerprint density at radius 2 is 2.16 bits per heavy atom. The predicted molar refractivity (Wildman–Crippen MR) is 79.6 cm³/mol. The Kier molecular flexibility index (Phi) is 4.71. The molecule has 0 fully saturated rings. The Bertz CT molecular complexity index is 529. The second-order valence-electron chi connectivity index (χ2n) is 4.70. The van der Waals surface area contributed by atoms with Crippen molar-refractivity contribution in [2.45, 2.75) is 46.7 Å². The second-order valence-corrected chi connectivity index (χ2v) is 5.76. The SMILES string of the molecule is CCNC(Cc1cc(C)nn1CC)c1csc(C)n1. The zero-order valence-corrected chi connectivity index (χ0v) is 12.9. The van der Waals surface area contributed by atoms with Gasteiger partial charge in [0.1, 0.15) is 0 Å². The highest BCUT2D eigenvalue weighted by molar-refractivity contribution is 7.09. The summed E-state index contributed by atoms with van der Waals surface area (Å²) in [7, 11) is 0. The lowest BCUT2D eigenvalue weighted by Gasteiger charge is -2.16. The topological polar surface area (TPSA) is 42.7 Å². The molecule has 0 aliphatic carbocycles. The maximum Gasteiger partial charge on any atom is 0.0898 e. The fourth-order valence-electron chi connectivity index (χ4n) is 2.31. The van der Waals surface area contributed by atoms with E-state index in [9.17, 15) is 0 Å². The lowest BCUT2D eigenvalue weighted by Crippen LogP contribution is -2.24. The second kappa shape index (κ2) is 6.30. The molecular formula is C14H22N4S. The van der Waals surface area contributed by atoms with Crippen molar-refractivity contribution in [1.82, 2.24) is 20.1 Å². The summed E-state index contributed by atoms with van der Waals surface area (Å²) >= 11 is 1.71. The van der Waals surface area contributed by atoms with Gasteiger partial charge in [0.05, 0.1) is 22.4 Å². The number of nitrogens with one attached hydrogen (secondary N) is 1. The van der Waals surface area contributed by atoms with Gasteiger partial charge in [-0.2, -0.15) is 5.10 Å². The minimum atomic E-state index is 0.274. The minimum Gasteiger partial charge on any atom is -0.309 e. The zero-order chi connectivity index (χ0) is 13.8. The van der Waals surface area contributed by atoms with Crippen molar-refractivity contribution in [2.24, 2.45) is 0 Å². The molecule has 2 aromatic heterocycles. The number of rotatable bonds is 6. The minimum absolute atomic E-state index is 0.274. The lowest BCUT2D eigenvalue weighted by molar-refractivity contribution is 0.508. The van der Waals surface area contributed by atoms with E-state index in [-0.39, 0.29) is 6.04 Å². The van der Waals surface area contributed by atoms with E-state index in [1.54, 1.807) is 11.3 Å². The highest BCUT2D eigenvalue weighted by Gasteiger charge is 2.16. The first-order valence-corrected chi connectivity index (χ1v) is 7.70. The summed E-state index contributed by atoms with van der Waals surface area (Å²) in [5, 5.41) is 11.3. The number of likely N-dealkylation sites (N-methyl/N-ethyl adjacent to an activating group) is 1. The first-order chi connectivity index (χ1) is 9.13. The van der Waals surface area contributed by atoms with E-state index in [1.807, 2.05) is 6.92 Å². The van der Waals surface area contributed by atoms with Crippen LogP contribution in [-0.2, 0) is 13.0 Å². The molecule has 2 heterocycles. The molecule has 0 spiro atoms. The van der Waals surface area contributed by atoms with Crippen LogP contribution in [0.25, 0.3) is 0 Å². The first-order valence-electron chi connectivity index (χ1n) is 6.82. The van der Waals surface area contributed by atoms with Gasteiger partial charge in [-0.3, -0.25) is 4.68 Å². The third kappa shape index (κ3) is 3.42. The van der Waals surface area contributed by atoms with Gasteiger partial charge in [0.15, 0.2) is 0 Å². The average molecular weight is 278 g/mol. The summed E-state index contributed by atoms with van der Waals surface area (Å²) in [5.41, 5.74) is 3.50. The summed E-state index contributed by atoms with van der Waals surface area (Å²) in [6.45, 7) is 10.2. The molecule has 1 unspecified atom stereocenters. The molecule has 0 aliphatic rings. The van der Waals surface area contributed by atoms with Crippen LogP contribution in [0.4, 0.5) is 0 Å². The van der Waals surface area contributed by atoms with Crippen molar-refractivity contribution in [3.05, 3.63) is 33.5 Å². The van der Waals surface area contributed by atoms with Gasteiger partial charge in [-0.15, -0.1) is 11.3 Å². The Morgan fingerprint density at radius 1 is 1.37 bits per heavy atom. The van der Waals surface area contributed by atoms with E-state index in [4.69, 9.17) is 0 Å². The maximum atomic E-state index is 4.61. The number of thiazole rings is 1. The van der Waals surface area contributed by atoms with E-state index in [0.29, 0.717) is 0 Å².